The zero-order chi connectivity index (χ0) is 22.3. The molecule has 0 bridgehead atoms. The maximum absolute atomic E-state index is 12.6. The van der Waals surface area contributed by atoms with Crippen molar-refractivity contribution in [3.05, 3.63) is 94.0 Å². The summed E-state index contributed by atoms with van der Waals surface area (Å²) in [6.07, 6.45) is 0. The number of carbonyl (C=O) groups is 1. The summed E-state index contributed by atoms with van der Waals surface area (Å²) in [5.41, 5.74) is 2.32. The number of rotatable bonds is 7. The summed E-state index contributed by atoms with van der Waals surface area (Å²) in [7, 11) is 0. The number of nitro groups is 1. The highest BCUT2D eigenvalue weighted by Gasteiger charge is 2.22. The van der Waals surface area contributed by atoms with Gasteiger partial charge in [0, 0.05) is 30.4 Å². The molecule has 1 heterocycles. The molecule has 8 nitrogen and oxygen atoms in total. The lowest BCUT2D eigenvalue weighted by Crippen LogP contribution is -2.36. The average Bonchev–Trinajstić information content (AvgIpc) is 2.84. The highest BCUT2D eigenvalue weighted by molar-refractivity contribution is 6.04. The van der Waals surface area contributed by atoms with E-state index in [0.29, 0.717) is 55.6 Å². The Hall–Kier alpha value is -3.91. The van der Waals surface area contributed by atoms with Crippen LogP contribution < -0.4 is 15.0 Å². The molecule has 0 radical (unpaired) electrons. The van der Waals surface area contributed by atoms with E-state index in [9.17, 15) is 14.9 Å². The van der Waals surface area contributed by atoms with E-state index in [-0.39, 0.29) is 11.6 Å². The fraction of sp³-hybridized carbons (Fsp3) is 0.208. The molecule has 1 N–H and O–H groups in total. The number of anilines is 2. The van der Waals surface area contributed by atoms with E-state index in [0.717, 1.165) is 5.56 Å². The number of morpholine rings is 1. The molecule has 1 fully saturated rings. The van der Waals surface area contributed by atoms with Crippen LogP contribution in [0.3, 0.4) is 0 Å². The fourth-order valence-corrected chi connectivity index (χ4v) is 3.47. The predicted molar refractivity (Wildman–Crippen MR) is 121 cm³/mol. The van der Waals surface area contributed by atoms with Gasteiger partial charge in [0.1, 0.15) is 18.0 Å². The monoisotopic (exact) mass is 433 g/mol. The quantitative estimate of drug-likeness (QED) is 0.442. The van der Waals surface area contributed by atoms with Crippen LogP contribution in [0.2, 0.25) is 0 Å². The summed E-state index contributed by atoms with van der Waals surface area (Å²) in [4.78, 5) is 25.7. The Morgan fingerprint density at radius 2 is 1.75 bits per heavy atom. The number of amides is 1. The number of ether oxygens (including phenoxy) is 2. The molecule has 3 aromatic carbocycles. The number of carbonyl (C=O) groups excluding carboxylic acids is 1. The summed E-state index contributed by atoms with van der Waals surface area (Å²) in [5.74, 6) is 0.295. The Morgan fingerprint density at radius 3 is 2.44 bits per heavy atom. The number of hydrogen-bond acceptors (Lipinski definition) is 6. The number of nitro benzene ring substituents is 1. The van der Waals surface area contributed by atoms with Gasteiger partial charge in [-0.15, -0.1) is 0 Å². The van der Waals surface area contributed by atoms with Crippen molar-refractivity contribution in [2.75, 3.05) is 36.5 Å². The van der Waals surface area contributed by atoms with Crippen molar-refractivity contribution >= 4 is 23.0 Å². The van der Waals surface area contributed by atoms with E-state index in [4.69, 9.17) is 9.47 Å². The largest absolute Gasteiger partial charge is 0.489 e. The number of benzene rings is 3. The summed E-state index contributed by atoms with van der Waals surface area (Å²) in [5, 5.41) is 14.3. The molecule has 0 saturated carbocycles. The molecule has 8 heteroatoms. The Kier molecular flexibility index (Phi) is 6.62. The molecule has 0 atom stereocenters. The van der Waals surface area contributed by atoms with E-state index in [1.807, 2.05) is 35.2 Å². The van der Waals surface area contributed by atoms with Gasteiger partial charge in [0.2, 0.25) is 0 Å². The molecule has 1 aliphatic heterocycles. The standard InChI is InChI=1S/C24H23N3O5/c28-24(19-6-9-21(10-7-19)32-17-18-4-2-1-3-5-18)25-20-8-11-22(23(16-20)27(29)30)26-12-14-31-15-13-26/h1-11,16H,12-15,17H2,(H,25,28). The van der Waals surface area contributed by atoms with E-state index in [1.165, 1.54) is 6.07 Å². The molecule has 0 aromatic heterocycles. The zero-order valence-corrected chi connectivity index (χ0v) is 17.4. The number of nitrogens with zero attached hydrogens (tertiary/aromatic N) is 2. The van der Waals surface area contributed by atoms with Gasteiger partial charge in [-0.3, -0.25) is 14.9 Å². The predicted octanol–water partition coefficient (Wildman–Crippen LogP) is 4.26. The highest BCUT2D eigenvalue weighted by atomic mass is 16.6. The molecule has 1 amide bonds. The molecule has 1 saturated heterocycles. The Bertz CT molecular complexity index is 1080. The van der Waals surface area contributed by atoms with Gasteiger partial charge in [0.15, 0.2) is 0 Å². The second kappa shape index (κ2) is 9.93. The molecule has 4 rings (SSSR count). The minimum Gasteiger partial charge on any atom is -0.489 e. The van der Waals surface area contributed by atoms with Crippen LogP contribution in [0.1, 0.15) is 15.9 Å². The van der Waals surface area contributed by atoms with Crippen LogP contribution in [-0.4, -0.2) is 37.1 Å². The first-order chi connectivity index (χ1) is 15.6. The summed E-state index contributed by atoms with van der Waals surface area (Å²) in [6, 6.07) is 21.3. The summed E-state index contributed by atoms with van der Waals surface area (Å²) in [6.45, 7) is 2.67. The lowest BCUT2D eigenvalue weighted by molar-refractivity contribution is -0.384. The molecule has 0 aliphatic carbocycles. The molecular formula is C24H23N3O5. The lowest BCUT2D eigenvalue weighted by Gasteiger charge is -2.28. The van der Waals surface area contributed by atoms with E-state index in [2.05, 4.69) is 5.32 Å². The van der Waals surface area contributed by atoms with Crippen LogP contribution in [0.5, 0.6) is 5.75 Å². The second-order valence-electron chi connectivity index (χ2n) is 7.31. The Balaban J connectivity index is 1.41. The molecule has 3 aromatic rings. The van der Waals surface area contributed by atoms with Gasteiger partial charge in [-0.25, -0.2) is 0 Å². The third kappa shape index (κ3) is 5.22. The van der Waals surface area contributed by atoms with Gasteiger partial charge in [0.25, 0.3) is 11.6 Å². The smallest absolute Gasteiger partial charge is 0.294 e. The van der Waals surface area contributed by atoms with Crippen molar-refractivity contribution in [1.29, 1.82) is 0 Å². The van der Waals surface area contributed by atoms with E-state index >= 15 is 0 Å². The first-order valence-electron chi connectivity index (χ1n) is 10.3. The molecular weight excluding hydrogens is 410 g/mol. The minimum absolute atomic E-state index is 0.0469. The molecule has 164 valence electrons. The van der Waals surface area contributed by atoms with Crippen molar-refractivity contribution in [3.8, 4) is 5.75 Å². The van der Waals surface area contributed by atoms with Gasteiger partial charge in [-0.05, 0) is 42.0 Å². The topological polar surface area (TPSA) is 93.9 Å². The highest BCUT2D eigenvalue weighted by Crippen LogP contribution is 2.32. The van der Waals surface area contributed by atoms with Crippen molar-refractivity contribution < 1.29 is 19.2 Å². The van der Waals surface area contributed by atoms with Crippen LogP contribution in [0, 0.1) is 10.1 Å². The van der Waals surface area contributed by atoms with Crippen LogP contribution in [0.4, 0.5) is 17.1 Å². The summed E-state index contributed by atoms with van der Waals surface area (Å²) >= 11 is 0. The average molecular weight is 433 g/mol. The Morgan fingerprint density at radius 1 is 1.03 bits per heavy atom. The van der Waals surface area contributed by atoms with Crippen LogP contribution in [0.25, 0.3) is 0 Å². The lowest BCUT2D eigenvalue weighted by atomic mass is 10.1. The van der Waals surface area contributed by atoms with E-state index in [1.54, 1.807) is 36.4 Å². The van der Waals surface area contributed by atoms with Crippen LogP contribution in [0.15, 0.2) is 72.8 Å². The van der Waals surface area contributed by atoms with Crippen molar-refractivity contribution in [2.24, 2.45) is 0 Å². The first kappa shape index (κ1) is 21.3. The van der Waals surface area contributed by atoms with Crippen molar-refractivity contribution in [3.63, 3.8) is 0 Å². The molecule has 0 unspecified atom stereocenters. The fourth-order valence-electron chi connectivity index (χ4n) is 3.47. The maximum atomic E-state index is 12.6. The molecule has 32 heavy (non-hydrogen) atoms. The van der Waals surface area contributed by atoms with Gasteiger partial charge in [0.05, 0.1) is 18.1 Å². The third-order valence-corrected chi connectivity index (χ3v) is 5.15. The normalized spacial score (nSPS) is 13.4. The van der Waals surface area contributed by atoms with E-state index < -0.39 is 4.92 Å². The molecule has 0 spiro atoms. The van der Waals surface area contributed by atoms with Gasteiger partial charge >= 0.3 is 0 Å². The van der Waals surface area contributed by atoms with Crippen LogP contribution >= 0.6 is 0 Å². The summed E-state index contributed by atoms with van der Waals surface area (Å²) < 4.78 is 11.1. The van der Waals surface area contributed by atoms with Gasteiger partial charge < -0.3 is 19.7 Å². The third-order valence-electron chi connectivity index (χ3n) is 5.15. The van der Waals surface area contributed by atoms with Crippen LogP contribution in [-0.2, 0) is 11.3 Å². The minimum atomic E-state index is -0.431. The maximum Gasteiger partial charge on any atom is 0.294 e. The first-order valence-corrected chi connectivity index (χ1v) is 10.3. The molecule has 1 aliphatic rings. The second-order valence-corrected chi connectivity index (χ2v) is 7.31. The Labute approximate surface area is 185 Å². The SMILES string of the molecule is O=C(Nc1ccc(N2CCOCC2)c([N+](=O)[O-])c1)c1ccc(OCc2ccccc2)cc1. The zero-order valence-electron chi connectivity index (χ0n) is 17.4. The van der Waals surface area contributed by atoms with Gasteiger partial charge in [-0.1, -0.05) is 30.3 Å². The van der Waals surface area contributed by atoms with Crippen molar-refractivity contribution in [2.45, 2.75) is 6.61 Å². The number of nitrogens with one attached hydrogen (secondary N) is 1. The van der Waals surface area contributed by atoms with Gasteiger partial charge in [-0.2, -0.15) is 0 Å². The number of hydrogen-bond donors (Lipinski definition) is 1. The van der Waals surface area contributed by atoms with Crippen molar-refractivity contribution in [1.82, 2.24) is 0 Å².